The van der Waals surface area contributed by atoms with E-state index in [1.54, 1.807) is 0 Å². The third kappa shape index (κ3) is 1.58. The molecular formula is C18H17NS. The quantitative estimate of drug-likeness (QED) is 0.417. The summed E-state index contributed by atoms with van der Waals surface area (Å²) in [6.45, 7) is 6.86. The van der Waals surface area contributed by atoms with E-state index in [2.05, 4.69) is 73.9 Å². The zero-order valence-electron chi connectivity index (χ0n) is 12.0. The monoisotopic (exact) mass is 279 g/mol. The first-order chi connectivity index (χ1) is 9.55. The molecule has 3 aromatic rings. The fourth-order valence-electron chi connectivity index (χ4n) is 2.96. The smallest absolute Gasteiger partial charge is 0.0671 e. The average Bonchev–Trinajstić information content (AvgIpc) is 2.81. The van der Waals surface area contributed by atoms with Gasteiger partial charge in [0.05, 0.1) is 11.2 Å². The van der Waals surface area contributed by atoms with Crippen molar-refractivity contribution in [2.45, 2.75) is 36.0 Å². The minimum Gasteiger partial charge on any atom is -0.311 e. The van der Waals surface area contributed by atoms with Gasteiger partial charge < -0.3 is 4.57 Å². The molecule has 2 aromatic carbocycles. The van der Waals surface area contributed by atoms with Crippen molar-refractivity contribution in [1.82, 2.24) is 4.57 Å². The van der Waals surface area contributed by atoms with Gasteiger partial charge in [-0.25, -0.2) is 0 Å². The zero-order valence-corrected chi connectivity index (χ0v) is 12.8. The molecule has 1 nitrogen and oxygen atoms in total. The molecule has 20 heavy (non-hydrogen) atoms. The van der Waals surface area contributed by atoms with Gasteiger partial charge in [0.1, 0.15) is 0 Å². The van der Waals surface area contributed by atoms with Crippen LogP contribution in [0.5, 0.6) is 0 Å². The molecule has 0 unspecified atom stereocenters. The predicted molar refractivity (Wildman–Crippen MR) is 86.1 cm³/mol. The Kier molecular flexibility index (Phi) is 2.37. The third-order valence-electron chi connectivity index (χ3n) is 3.88. The van der Waals surface area contributed by atoms with Gasteiger partial charge in [0.15, 0.2) is 0 Å². The second kappa shape index (κ2) is 3.92. The summed E-state index contributed by atoms with van der Waals surface area (Å²) in [6.07, 6.45) is 0. The van der Waals surface area contributed by atoms with Crippen LogP contribution in [0.25, 0.3) is 16.6 Å². The van der Waals surface area contributed by atoms with E-state index in [0.717, 1.165) is 0 Å². The summed E-state index contributed by atoms with van der Waals surface area (Å²) >= 11 is 1.88. The summed E-state index contributed by atoms with van der Waals surface area (Å²) in [7, 11) is 0. The van der Waals surface area contributed by atoms with Crippen molar-refractivity contribution in [3.8, 4) is 5.69 Å². The van der Waals surface area contributed by atoms with Crippen molar-refractivity contribution in [3.63, 3.8) is 0 Å². The second-order valence-electron chi connectivity index (χ2n) is 6.38. The summed E-state index contributed by atoms with van der Waals surface area (Å²) < 4.78 is 2.45. The Hall–Kier alpha value is -1.67. The highest BCUT2D eigenvalue weighted by Crippen LogP contribution is 2.45. The first-order valence-electron chi connectivity index (χ1n) is 6.98. The SMILES string of the molecule is CC(C)(C)c1cc2cccc3c2n1-c1ccccc1S3. The van der Waals surface area contributed by atoms with Crippen molar-refractivity contribution in [2.75, 3.05) is 0 Å². The van der Waals surface area contributed by atoms with Crippen LogP contribution in [0.1, 0.15) is 26.5 Å². The maximum Gasteiger partial charge on any atom is 0.0671 e. The molecule has 1 aromatic heterocycles. The van der Waals surface area contributed by atoms with Crippen molar-refractivity contribution in [1.29, 1.82) is 0 Å². The lowest BCUT2D eigenvalue weighted by Gasteiger charge is -2.26. The number of hydrogen-bond acceptors (Lipinski definition) is 1. The lowest BCUT2D eigenvalue weighted by Crippen LogP contribution is -2.17. The molecule has 4 rings (SSSR count). The highest BCUT2D eigenvalue weighted by molar-refractivity contribution is 7.99. The second-order valence-corrected chi connectivity index (χ2v) is 7.46. The number of fused-ring (bicyclic) bond motifs is 2. The van der Waals surface area contributed by atoms with Gasteiger partial charge in [0.25, 0.3) is 0 Å². The first kappa shape index (κ1) is 12.1. The number of nitrogens with zero attached hydrogens (tertiary/aromatic N) is 1. The van der Waals surface area contributed by atoms with Gasteiger partial charge in [-0.05, 0) is 24.3 Å². The van der Waals surface area contributed by atoms with E-state index in [1.807, 2.05) is 11.8 Å². The van der Waals surface area contributed by atoms with E-state index < -0.39 is 0 Å². The van der Waals surface area contributed by atoms with Crippen LogP contribution >= 0.6 is 11.8 Å². The highest BCUT2D eigenvalue weighted by Gasteiger charge is 2.26. The molecule has 2 heterocycles. The van der Waals surface area contributed by atoms with Crippen LogP contribution in [-0.2, 0) is 5.41 Å². The fourth-order valence-corrected chi connectivity index (χ4v) is 4.06. The molecule has 0 bridgehead atoms. The summed E-state index contributed by atoms with van der Waals surface area (Å²) in [5, 5.41) is 1.34. The molecule has 1 aliphatic rings. The van der Waals surface area contributed by atoms with Crippen molar-refractivity contribution >= 4 is 22.7 Å². The number of benzene rings is 2. The molecule has 0 atom stereocenters. The molecular weight excluding hydrogens is 262 g/mol. The van der Waals surface area contributed by atoms with E-state index in [9.17, 15) is 0 Å². The van der Waals surface area contributed by atoms with Crippen LogP contribution in [0.3, 0.4) is 0 Å². The molecule has 1 aliphatic heterocycles. The summed E-state index contributed by atoms with van der Waals surface area (Å²) in [4.78, 5) is 2.70. The molecule has 2 heteroatoms. The van der Waals surface area contributed by atoms with E-state index >= 15 is 0 Å². The van der Waals surface area contributed by atoms with E-state index in [1.165, 1.54) is 32.1 Å². The van der Waals surface area contributed by atoms with Crippen LogP contribution in [0, 0.1) is 0 Å². The lowest BCUT2D eigenvalue weighted by atomic mass is 9.92. The zero-order chi connectivity index (χ0) is 13.9. The number of hydrogen-bond donors (Lipinski definition) is 0. The predicted octanol–water partition coefficient (Wildman–Crippen LogP) is 5.39. The molecule has 0 radical (unpaired) electrons. The van der Waals surface area contributed by atoms with Gasteiger partial charge in [-0.3, -0.25) is 0 Å². The molecule has 100 valence electrons. The maximum absolute atomic E-state index is 2.45. The van der Waals surface area contributed by atoms with E-state index in [-0.39, 0.29) is 5.41 Å². The minimum atomic E-state index is 0.130. The average molecular weight is 279 g/mol. The number of rotatable bonds is 0. The molecule has 0 amide bonds. The Morgan fingerprint density at radius 3 is 2.45 bits per heavy atom. The number of aromatic nitrogens is 1. The van der Waals surface area contributed by atoms with Crippen LogP contribution in [0.2, 0.25) is 0 Å². The molecule has 0 aliphatic carbocycles. The van der Waals surface area contributed by atoms with Crippen LogP contribution in [0.4, 0.5) is 0 Å². The summed E-state index contributed by atoms with van der Waals surface area (Å²) in [5.74, 6) is 0. The Labute approximate surface area is 123 Å². The molecule has 0 saturated heterocycles. The first-order valence-corrected chi connectivity index (χ1v) is 7.79. The highest BCUT2D eigenvalue weighted by atomic mass is 32.2. The van der Waals surface area contributed by atoms with E-state index in [0.29, 0.717) is 0 Å². The Balaban J connectivity index is 2.19. The number of para-hydroxylation sites is 2. The molecule has 0 N–H and O–H groups in total. The topological polar surface area (TPSA) is 4.93 Å². The van der Waals surface area contributed by atoms with Gasteiger partial charge in [0, 0.05) is 26.3 Å². The summed E-state index contributed by atoms with van der Waals surface area (Å²) in [6, 6.07) is 17.7. The maximum atomic E-state index is 2.45. The normalized spacial score (nSPS) is 13.6. The van der Waals surface area contributed by atoms with Crippen molar-refractivity contribution in [3.05, 3.63) is 54.2 Å². The lowest BCUT2D eigenvalue weighted by molar-refractivity contribution is 0.558. The van der Waals surface area contributed by atoms with Crippen molar-refractivity contribution < 1.29 is 0 Å². The molecule has 0 spiro atoms. The van der Waals surface area contributed by atoms with Gasteiger partial charge in [0.2, 0.25) is 0 Å². The molecule has 0 fully saturated rings. The third-order valence-corrected chi connectivity index (χ3v) is 5.00. The standard InChI is InChI=1S/C18H17NS/c1-18(2,3)16-11-12-7-6-10-15-17(12)19(16)13-8-4-5-9-14(13)20-15/h4-11H,1-3H3. The van der Waals surface area contributed by atoms with Crippen LogP contribution in [0.15, 0.2) is 58.3 Å². The minimum absolute atomic E-state index is 0.130. The van der Waals surface area contributed by atoms with Crippen molar-refractivity contribution in [2.24, 2.45) is 0 Å². The van der Waals surface area contributed by atoms with Gasteiger partial charge >= 0.3 is 0 Å². The Morgan fingerprint density at radius 1 is 0.900 bits per heavy atom. The van der Waals surface area contributed by atoms with Crippen LogP contribution < -0.4 is 0 Å². The summed E-state index contributed by atoms with van der Waals surface area (Å²) in [5.41, 5.74) is 4.19. The van der Waals surface area contributed by atoms with Crippen LogP contribution in [-0.4, -0.2) is 4.57 Å². The van der Waals surface area contributed by atoms with Gasteiger partial charge in [-0.15, -0.1) is 0 Å². The van der Waals surface area contributed by atoms with Gasteiger partial charge in [-0.2, -0.15) is 0 Å². The Bertz CT molecular complexity index is 821. The van der Waals surface area contributed by atoms with E-state index in [4.69, 9.17) is 0 Å². The fraction of sp³-hybridized carbons (Fsp3) is 0.222. The molecule has 0 saturated carbocycles. The Morgan fingerprint density at radius 2 is 1.65 bits per heavy atom. The largest absolute Gasteiger partial charge is 0.311 e. The van der Waals surface area contributed by atoms with Gasteiger partial charge in [-0.1, -0.05) is 56.8 Å².